The minimum atomic E-state index is -0.952. The molecule has 0 bridgehead atoms. The maximum Gasteiger partial charge on any atom is 0.305 e. The van der Waals surface area contributed by atoms with E-state index < -0.39 is 11.5 Å². The zero-order chi connectivity index (χ0) is 20.0. The number of carboxylic acids is 1. The lowest BCUT2D eigenvalue weighted by Crippen LogP contribution is -2.53. The van der Waals surface area contributed by atoms with Gasteiger partial charge < -0.3 is 20.5 Å². The average molecular weight is 384 g/mol. The lowest BCUT2D eigenvalue weighted by Gasteiger charge is -2.36. The molecule has 0 radical (unpaired) electrons. The molecule has 1 saturated heterocycles. The van der Waals surface area contributed by atoms with Gasteiger partial charge in [0.05, 0.1) is 12.0 Å². The summed E-state index contributed by atoms with van der Waals surface area (Å²) < 4.78 is 5.28. The molecule has 0 unspecified atom stereocenters. The van der Waals surface area contributed by atoms with Crippen molar-refractivity contribution in [1.82, 2.24) is 10.6 Å². The Labute approximate surface area is 163 Å². The van der Waals surface area contributed by atoms with Crippen LogP contribution in [0.4, 0.5) is 0 Å². The third-order valence-corrected chi connectivity index (χ3v) is 4.99. The number of amides is 2. The first-order chi connectivity index (χ1) is 13.5. The molecular weight excluding hydrogens is 360 g/mol. The summed E-state index contributed by atoms with van der Waals surface area (Å²) in [6.45, 7) is 1.02. The standard InChI is InChI=1S/C21H24N2O5/c24-18(23-21(14-19(25)26)8-11-28-12-9-21)7-10-22-20(27)17-6-5-15-3-1-2-4-16(15)13-17/h1-6,13H,7-12,14H2,(H,22,27)(H,23,24)(H,25,26). The van der Waals surface area contributed by atoms with Gasteiger partial charge >= 0.3 is 5.97 Å². The fraction of sp³-hybridized carbons (Fsp3) is 0.381. The highest BCUT2D eigenvalue weighted by molar-refractivity contribution is 5.98. The quantitative estimate of drug-likeness (QED) is 0.678. The molecule has 1 aliphatic rings. The highest BCUT2D eigenvalue weighted by Gasteiger charge is 2.36. The zero-order valence-corrected chi connectivity index (χ0v) is 15.6. The predicted molar refractivity (Wildman–Crippen MR) is 104 cm³/mol. The zero-order valence-electron chi connectivity index (χ0n) is 15.6. The molecule has 3 N–H and O–H groups in total. The lowest BCUT2D eigenvalue weighted by molar-refractivity contribution is -0.140. The van der Waals surface area contributed by atoms with E-state index in [1.807, 2.05) is 36.4 Å². The summed E-state index contributed by atoms with van der Waals surface area (Å²) in [6.07, 6.45) is 0.885. The van der Waals surface area contributed by atoms with Crippen LogP contribution in [0.15, 0.2) is 42.5 Å². The molecule has 0 aliphatic carbocycles. The molecule has 2 amide bonds. The van der Waals surface area contributed by atoms with E-state index in [-0.39, 0.29) is 31.2 Å². The van der Waals surface area contributed by atoms with E-state index in [4.69, 9.17) is 9.84 Å². The second-order valence-electron chi connectivity index (χ2n) is 7.08. The number of carboxylic acid groups (broad SMARTS) is 1. The minimum Gasteiger partial charge on any atom is -0.481 e. The molecule has 3 rings (SSSR count). The van der Waals surface area contributed by atoms with Gasteiger partial charge in [-0.2, -0.15) is 0 Å². The molecule has 148 valence electrons. The Morgan fingerprint density at radius 2 is 1.75 bits per heavy atom. The van der Waals surface area contributed by atoms with Crippen molar-refractivity contribution in [2.24, 2.45) is 0 Å². The number of nitrogens with one attached hydrogen (secondary N) is 2. The van der Waals surface area contributed by atoms with Gasteiger partial charge in [0.15, 0.2) is 0 Å². The Balaban J connectivity index is 1.52. The van der Waals surface area contributed by atoms with Gasteiger partial charge in [0.1, 0.15) is 0 Å². The number of aliphatic carboxylic acids is 1. The third kappa shape index (κ3) is 5.07. The Hall–Kier alpha value is -2.93. The number of benzene rings is 2. The average Bonchev–Trinajstić information content (AvgIpc) is 2.67. The Kier molecular flexibility index (Phi) is 6.26. The van der Waals surface area contributed by atoms with Crippen LogP contribution in [0.2, 0.25) is 0 Å². The number of carbonyl (C=O) groups is 3. The summed E-state index contributed by atoms with van der Waals surface area (Å²) in [5, 5.41) is 16.8. The second kappa shape index (κ2) is 8.84. The Bertz CT molecular complexity index is 874. The Morgan fingerprint density at radius 3 is 2.46 bits per heavy atom. The van der Waals surface area contributed by atoms with Crippen LogP contribution in [-0.2, 0) is 14.3 Å². The maximum atomic E-state index is 12.3. The van der Waals surface area contributed by atoms with Crippen LogP contribution in [0.3, 0.4) is 0 Å². The van der Waals surface area contributed by atoms with Gasteiger partial charge in [-0.15, -0.1) is 0 Å². The number of fused-ring (bicyclic) bond motifs is 1. The summed E-state index contributed by atoms with van der Waals surface area (Å²) in [5.74, 6) is -1.47. The third-order valence-electron chi connectivity index (χ3n) is 4.99. The normalized spacial score (nSPS) is 15.7. The summed E-state index contributed by atoms with van der Waals surface area (Å²) in [7, 11) is 0. The predicted octanol–water partition coefficient (Wildman–Crippen LogP) is 2.10. The summed E-state index contributed by atoms with van der Waals surface area (Å²) in [5.41, 5.74) is -0.241. The fourth-order valence-electron chi connectivity index (χ4n) is 3.48. The molecular formula is C21H24N2O5. The molecule has 0 saturated carbocycles. The van der Waals surface area contributed by atoms with E-state index in [0.29, 0.717) is 31.6 Å². The molecule has 0 atom stereocenters. The fourth-order valence-corrected chi connectivity index (χ4v) is 3.48. The lowest BCUT2D eigenvalue weighted by atomic mass is 9.86. The van der Waals surface area contributed by atoms with Crippen molar-refractivity contribution >= 4 is 28.6 Å². The summed E-state index contributed by atoms with van der Waals surface area (Å²) in [4.78, 5) is 35.8. The monoisotopic (exact) mass is 384 g/mol. The van der Waals surface area contributed by atoms with Crippen LogP contribution in [-0.4, -0.2) is 48.2 Å². The largest absolute Gasteiger partial charge is 0.481 e. The number of ether oxygens (including phenoxy) is 1. The van der Waals surface area contributed by atoms with Crippen molar-refractivity contribution in [3.8, 4) is 0 Å². The van der Waals surface area contributed by atoms with Gasteiger partial charge in [-0.25, -0.2) is 0 Å². The summed E-state index contributed by atoms with van der Waals surface area (Å²) in [6, 6.07) is 13.2. The van der Waals surface area contributed by atoms with Crippen molar-refractivity contribution in [2.75, 3.05) is 19.8 Å². The number of hydrogen-bond donors (Lipinski definition) is 3. The van der Waals surface area contributed by atoms with Gasteiger partial charge in [0, 0.05) is 31.7 Å². The van der Waals surface area contributed by atoms with Gasteiger partial charge in [0.2, 0.25) is 5.91 Å². The second-order valence-corrected chi connectivity index (χ2v) is 7.08. The minimum absolute atomic E-state index is 0.0849. The SMILES string of the molecule is O=C(O)CC1(NC(=O)CCNC(=O)c2ccc3ccccc3c2)CCOCC1. The molecule has 2 aromatic rings. The van der Waals surface area contributed by atoms with Crippen LogP contribution in [0.5, 0.6) is 0 Å². The van der Waals surface area contributed by atoms with Gasteiger partial charge in [-0.1, -0.05) is 30.3 Å². The van der Waals surface area contributed by atoms with Crippen molar-refractivity contribution in [1.29, 1.82) is 0 Å². The van der Waals surface area contributed by atoms with E-state index in [1.54, 1.807) is 6.07 Å². The van der Waals surface area contributed by atoms with Crippen LogP contribution < -0.4 is 10.6 Å². The van der Waals surface area contributed by atoms with Crippen molar-refractivity contribution in [3.63, 3.8) is 0 Å². The molecule has 28 heavy (non-hydrogen) atoms. The topological polar surface area (TPSA) is 105 Å². The summed E-state index contributed by atoms with van der Waals surface area (Å²) >= 11 is 0. The van der Waals surface area contributed by atoms with Crippen LogP contribution >= 0.6 is 0 Å². The van der Waals surface area contributed by atoms with E-state index >= 15 is 0 Å². The highest BCUT2D eigenvalue weighted by atomic mass is 16.5. The maximum absolute atomic E-state index is 12.3. The van der Waals surface area contributed by atoms with Crippen molar-refractivity contribution in [2.45, 2.75) is 31.2 Å². The van der Waals surface area contributed by atoms with Crippen LogP contribution in [0.1, 0.15) is 36.0 Å². The molecule has 0 spiro atoms. The number of rotatable bonds is 7. The van der Waals surface area contributed by atoms with Crippen molar-refractivity contribution < 1.29 is 24.2 Å². The van der Waals surface area contributed by atoms with Crippen molar-refractivity contribution in [3.05, 3.63) is 48.0 Å². The first kappa shape index (κ1) is 19.8. The van der Waals surface area contributed by atoms with Gasteiger partial charge in [0.25, 0.3) is 5.91 Å². The van der Waals surface area contributed by atoms with E-state index in [9.17, 15) is 14.4 Å². The van der Waals surface area contributed by atoms with Crippen LogP contribution in [0.25, 0.3) is 10.8 Å². The van der Waals surface area contributed by atoms with Gasteiger partial charge in [-0.05, 0) is 35.7 Å². The molecule has 1 fully saturated rings. The first-order valence-electron chi connectivity index (χ1n) is 9.35. The van der Waals surface area contributed by atoms with E-state index in [1.165, 1.54) is 0 Å². The number of hydrogen-bond acceptors (Lipinski definition) is 4. The van der Waals surface area contributed by atoms with Gasteiger partial charge in [-0.3, -0.25) is 14.4 Å². The number of carbonyl (C=O) groups excluding carboxylic acids is 2. The highest BCUT2D eigenvalue weighted by Crippen LogP contribution is 2.24. The molecule has 1 heterocycles. The molecule has 7 heteroatoms. The molecule has 0 aromatic heterocycles. The molecule has 2 aromatic carbocycles. The van der Waals surface area contributed by atoms with E-state index in [0.717, 1.165) is 10.8 Å². The first-order valence-corrected chi connectivity index (χ1v) is 9.35. The smallest absolute Gasteiger partial charge is 0.305 e. The Morgan fingerprint density at radius 1 is 1.04 bits per heavy atom. The van der Waals surface area contributed by atoms with Crippen LogP contribution in [0, 0.1) is 0 Å². The molecule has 1 aliphatic heterocycles. The molecule has 7 nitrogen and oxygen atoms in total. The van der Waals surface area contributed by atoms with E-state index in [2.05, 4.69) is 10.6 Å².